The van der Waals surface area contributed by atoms with Gasteiger partial charge in [0.05, 0.1) is 46.7 Å². The summed E-state index contributed by atoms with van der Waals surface area (Å²) in [7, 11) is 0. The summed E-state index contributed by atoms with van der Waals surface area (Å²) in [5, 5.41) is 21.6. The highest BCUT2D eigenvalue weighted by atomic mass is 16.6. The Labute approximate surface area is 348 Å². The number of cyclic esters (lactones) is 4. The van der Waals surface area contributed by atoms with E-state index in [2.05, 4.69) is 41.5 Å². The van der Waals surface area contributed by atoms with Crippen molar-refractivity contribution in [3.8, 4) is 0 Å². The highest BCUT2D eigenvalue weighted by Gasteiger charge is 2.82. The Morgan fingerprint density at radius 1 is 0.576 bits per heavy atom. The Balaban J connectivity index is 1.17. The van der Waals surface area contributed by atoms with Crippen LogP contribution in [0.4, 0.5) is 0 Å². The second-order valence-corrected chi connectivity index (χ2v) is 23.6. The molecule has 0 amide bonds. The molecule has 11 heteroatoms. The van der Waals surface area contributed by atoms with Gasteiger partial charge in [-0.2, -0.15) is 0 Å². The van der Waals surface area contributed by atoms with Crippen molar-refractivity contribution in [2.24, 2.45) is 115 Å². The maximum atomic E-state index is 14.4. The van der Waals surface area contributed by atoms with Gasteiger partial charge in [0, 0.05) is 10.8 Å². The fourth-order valence-electron chi connectivity index (χ4n) is 19.6. The molecular weight excluding hydrogens is 753 g/mol. The lowest BCUT2D eigenvalue weighted by Crippen LogP contribution is -2.76. The summed E-state index contributed by atoms with van der Waals surface area (Å²) in [5.41, 5.74) is -4.27. The van der Waals surface area contributed by atoms with Crippen LogP contribution in [-0.2, 0) is 43.0 Å². The number of ether oxygens (including phenoxy) is 3. The molecule has 20 atom stereocenters. The van der Waals surface area contributed by atoms with Gasteiger partial charge in [0.2, 0.25) is 0 Å². The molecule has 0 aromatic heterocycles. The van der Waals surface area contributed by atoms with Crippen LogP contribution in [0.2, 0.25) is 0 Å². The molecule has 59 heavy (non-hydrogen) atoms. The second kappa shape index (κ2) is 12.4. The van der Waals surface area contributed by atoms with Crippen LogP contribution in [0.15, 0.2) is 0 Å². The first kappa shape index (κ1) is 40.3. The van der Waals surface area contributed by atoms with Crippen LogP contribution in [0.25, 0.3) is 0 Å². The molecule has 10 aliphatic carbocycles. The van der Waals surface area contributed by atoms with Gasteiger partial charge in [-0.15, -0.1) is 0 Å². The van der Waals surface area contributed by atoms with Crippen molar-refractivity contribution in [1.29, 1.82) is 0 Å². The van der Waals surface area contributed by atoms with Crippen molar-refractivity contribution in [3.63, 3.8) is 0 Å². The highest BCUT2D eigenvalue weighted by Crippen LogP contribution is 2.80. The lowest BCUT2D eigenvalue weighted by atomic mass is 9.30. The zero-order valence-electron chi connectivity index (χ0n) is 36.3. The van der Waals surface area contributed by atoms with Crippen molar-refractivity contribution < 1.29 is 53.2 Å². The molecule has 0 radical (unpaired) electrons. The molecule has 2 spiro atoms. The molecule has 2 aliphatic heterocycles. The fraction of sp³-hybridized carbons (Fsp3) is 0.875. The third-order valence-electron chi connectivity index (χ3n) is 21.4. The molecule has 0 aromatic rings. The largest absolute Gasteiger partial charge is 0.481 e. The first-order valence-electron chi connectivity index (χ1n) is 23.3. The number of carbonyl (C=O) groups is 6. The molecule has 10 saturated carbocycles. The number of aliphatic carboxylic acids is 2. The maximum Gasteiger partial charge on any atom is 0.318 e. The predicted octanol–water partition coefficient (Wildman–Crippen LogP) is 7.57. The third kappa shape index (κ3) is 4.55. The van der Waals surface area contributed by atoms with E-state index in [1.807, 2.05) is 13.8 Å². The van der Waals surface area contributed by atoms with E-state index in [1.165, 1.54) is 0 Å². The lowest BCUT2D eigenvalue weighted by molar-refractivity contribution is -0.344. The lowest BCUT2D eigenvalue weighted by Gasteiger charge is -2.75. The molecule has 2 N–H and O–H groups in total. The van der Waals surface area contributed by atoms with E-state index >= 15 is 0 Å². The number of esters is 4. The second-order valence-electron chi connectivity index (χ2n) is 23.6. The topological polar surface area (TPSA) is 171 Å². The summed E-state index contributed by atoms with van der Waals surface area (Å²) in [6.07, 6.45) is 7.19. The van der Waals surface area contributed by atoms with Gasteiger partial charge in [0.1, 0.15) is 0 Å². The van der Waals surface area contributed by atoms with E-state index in [0.29, 0.717) is 51.4 Å². The van der Waals surface area contributed by atoms with E-state index in [0.717, 1.165) is 25.7 Å². The number of hydrogen-bond acceptors (Lipinski definition) is 9. The van der Waals surface area contributed by atoms with Crippen LogP contribution in [-0.4, -0.2) is 58.2 Å². The van der Waals surface area contributed by atoms with Crippen LogP contribution in [0.3, 0.4) is 0 Å². The molecule has 2 heterocycles. The normalized spacial score (nSPS) is 55.4. The predicted molar refractivity (Wildman–Crippen MR) is 210 cm³/mol. The zero-order chi connectivity index (χ0) is 42.3. The molecule has 12 aliphatic rings. The average molecular weight is 819 g/mol. The molecule has 20 unspecified atom stereocenters. The highest BCUT2D eigenvalue weighted by molar-refractivity contribution is 5.98. The van der Waals surface area contributed by atoms with Gasteiger partial charge in [-0.25, -0.2) is 0 Å². The Morgan fingerprint density at radius 2 is 0.949 bits per heavy atom. The van der Waals surface area contributed by atoms with E-state index in [4.69, 9.17) is 14.2 Å². The van der Waals surface area contributed by atoms with Gasteiger partial charge < -0.3 is 24.4 Å². The Bertz CT molecular complexity index is 1790. The van der Waals surface area contributed by atoms with Crippen molar-refractivity contribution in [1.82, 2.24) is 0 Å². The zero-order valence-corrected chi connectivity index (χ0v) is 36.3. The van der Waals surface area contributed by atoms with Crippen LogP contribution >= 0.6 is 0 Å². The van der Waals surface area contributed by atoms with Crippen LogP contribution in [0, 0.1) is 115 Å². The summed E-state index contributed by atoms with van der Waals surface area (Å²) >= 11 is 0. The quantitative estimate of drug-likeness (QED) is 0.200. The SMILES string of the molecule is CC(C)C1C2CC3C4(C)CCCC(C)(C(=O)O)C4CCC3(C1OC1C(C(C)C)C3CC4C5(C)CCCC(C)(C(=O)O)C5CCC14C1C(=O)OC(=O)C31)C1C(=O)OC(=O)C21. The minimum Gasteiger partial charge on any atom is -0.481 e. The molecule has 4 bridgehead atoms. The van der Waals surface area contributed by atoms with Gasteiger partial charge in [-0.3, -0.25) is 28.8 Å². The number of carbonyl (C=O) groups excluding carboxylic acids is 4. The van der Waals surface area contributed by atoms with Crippen molar-refractivity contribution >= 4 is 35.8 Å². The molecule has 0 aromatic carbocycles. The van der Waals surface area contributed by atoms with E-state index in [-0.39, 0.29) is 59.2 Å². The molecular formula is C48H66O11. The average Bonchev–Trinajstić information content (AvgIpc) is 3.65. The Kier molecular flexibility index (Phi) is 8.48. The van der Waals surface area contributed by atoms with Crippen LogP contribution in [0.5, 0.6) is 0 Å². The van der Waals surface area contributed by atoms with Crippen LogP contribution < -0.4 is 0 Å². The molecule has 2 saturated heterocycles. The summed E-state index contributed by atoms with van der Waals surface area (Å²) in [4.78, 5) is 82.9. The molecule has 324 valence electrons. The van der Waals surface area contributed by atoms with Gasteiger partial charge in [-0.1, -0.05) is 54.4 Å². The van der Waals surface area contributed by atoms with Gasteiger partial charge >= 0.3 is 35.8 Å². The summed E-state index contributed by atoms with van der Waals surface area (Å²) in [6.45, 7) is 17.1. The molecule has 11 nitrogen and oxygen atoms in total. The minimum absolute atomic E-state index is 0.0775. The summed E-state index contributed by atoms with van der Waals surface area (Å²) in [5.74, 6) is -6.76. The summed E-state index contributed by atoms with van der Waals surface area (Å²) in [6, 6.07) is 0. The van der Waals surface area contributed by atoms with Gasteiger partial charge in [0.15, 0.2) is 0 Å². The third-order valence-corrected chi connectivity index (χ3v) is 21.4. The number of fused-ring (bicyclic) bond motifs is 4. The standard InChI is InChI=1S/C48H66O11/c1-21(2)29-23-19-27-43(5)13-9-15-45(7,41(53)54)25(43)11-17-47(27,33-31(23)37(49)58-39(33)51)35(29)57-36-30(22(3)4)24-20-28-44(6)14-10-16-46(8,42(55)56)26(44)12-18-48(28,36)34-32(24)38(50)59-40(34)52/h21-36H,9-20H2,1-8H3,(H,53,54)(H,55,56). The number of carboxylic acids is 2. The van der Waals surface area contributed by atoms with Gasteiger partial charge in [0.25, 0.3) is 0 Å². The first-order valence-corrected chi connectivity index (χ1v) is 23.3. The van der Waals surface area contributed by atoms with Crippen molar-refractivity contribution in [3.05, 3.63) is 0 Å². The monoisotopic (exact) mass is 818 g/mol. The first-order chi connectivity index (χ1) is 27.7. The maximum absolute atomic E-state index is 14.4. The van der Waals surface area contributed by atoms with E-state index < -0.39 is 104 Å². The molecule has 12 fully saturated rings. The number of rotatable bonds is 6. The Morgan fingerprint density at radius 3 is 1.29 bits per heavy atom. The van der Waals surface area contributed by atoms with Crippen molar-refractivity contribution in [2.75, 3.05) is 0 Å². The Hall–Kier alpha value is -2.82. The number of hydrogen-bond donors (Lipinski definition) is 2. The molecule has 12 rings (SSSR count). The smallest absolute Gasteiger partial charge is 0.318 e. The van der Waals surface area contributed by atoms with Crippen LogP contribution in [0.1, 0.15) is 132 Å². The number of carboxylic acid groups (broad SMARTS) is 2. The van der Waals surface area contributed by atoms with Gasteiger partial charge in [-0.05, 0) is 148 Å². The van der Waals surface area contributed by atoms with Crippen molar-refractivity contribution in [2.45, 2.75) is 145 Å². The van der Waals surface area contributed by atoms with E-state index in [1.54, 1.807) is 0 Å². The fourth-order valence-corrected chi connectivity index (χ4v) is 19.6. The van der Waals surface area contributed by atoms with E-state index in [9.17, 15) is 39.0 Å². The minimum atomic E-state index is -0.912. The summed E-state index contributed by atoms with van der Waals surface area (Å²) < 4.78 is 19.6.